The van der Waals surface area contributed by atoms with Crippen LogP contribution in [-0.2, 0) is 0 Å². The van der Waals surface area contributed by atoms with Gasteiger partial charge in [0.1, 0.15) is 5.75 Å². The van der Waals surface area contributed by atoms with Gasteiger partial charge in [0.2, 0.25) is 0 Å². The largest absolute Gasteiger partial charge is 0.435 e. The lowest BCUT2D eigenvalue weighted by atomic mass is 10.1. The van der Waals surface area contributed by atoms with Crippen LogP contribution < -0.4 is 10.5 Å². The fourth-order valence-corrected chi connectivity index (χ4v) is 2.90. The number of alkyl halides is 2. The smallest absolute Gasteiger partial charge is 0.387 e. The monoisotopic (exact) mass is 351 g/mol. The van der Waals surface area contributed by atoms with Crippen molar-refractivity contribution in [3.63, 3.8) is 0 Å². The van der Waals surface area contributed by atoms with E-state index >= 15 is 0 Å². The molecule has 7 nitrogen and oxygen atoms in total. The SMILES string of the molecule is Cc1c(C(=O)N2CCC(CN)C2)nnn1-c1ccc(OC(F)F)cc1. The minimum absolute atomic E-state index is 0.0534. The molecule has 25 heavy (non-hydrogen) atoms. The summed E-state index contributed by atoms with van der Waals surface area (Å²) < 4.78 is 30.2. The fraction of sp³-hybridized carbons (Fsp3) is 0.438. The first-order chi connectivity index (χ1) is 12.0. The van der Waals surface area contributed by atoms with E-state index < -0.39 is 6.61 Å². The number of hydrogen-bond donors (Lipinski definition) is 1. The highest BCUT2D eigenvalue weighted by Crippen LogP contribution is 2.21. The Kier molecular flexibility index (Phi) is 4.93. The number of aromatic nitrogens is 3. The summed E-state index contributed by atoms with van der Waals surface area (Å²) in [6.07, 6.45) is 0.890. The molecule has 134 valence electrons. The van der Waals surface area contributed by atoms with Crippen molar-refractivity contribution in [1.82, 2.24) is 19.9 Å². The Balaban J connectivity index is 1.78. The summed E-state index contributed by atoms with van der Waals surface area (Å²) in [5.41, 5.74) is 7.13. The van der Waals surface area contributed by atoms with Gasteiger partial charge in [0.05, 0.1) is 11.4 Å². The highest BCUT2D eigenvalue weighted by molar-refractivity contribution is 5.93. The van der Waals surface area contributed by atoms with E-state index in [0.717, 1.165) is 6.42 Å². The first-order valence-electron chi connectivity index (χ1n) is 7.96. The lowest BCUT2D eigenvalue weighted by molar-refractivity contribution is -0.0498. The molecule has 1 fully saturated rings. The Morgan fingerprint density at radius 1 is 1.40 bits per heavy atom. The Morgan fingerprint density at radius 2 is 2.12 bits per heavy atom. The summed E-state index contributed by atoms with van der Waals surface area (Å²) in [7, 11) is 0. The van der Waals surface area contributed by atoms with Crippen molar-refractivity contribution in [3.8, 4) is 11.4 Å². The van der Waals surface area contributed by atoms with Gasteiger partial charge in [-0.1, -0.05) is 5.21 Å². The van der Waals surface area contributed by atoms with Crippen LogP contribution in [-0.4, -0.2) is 52.0 Å². The predicted molar refractivity (Wildman–Crippen MR) is 85.8 cm³/mol. The van der Waals surface area contributed by atoms with Crippen LogP contribution in [0.15, 0.2) is 24.3 Å². The molecule has 1 atom stereocenters. The van der Waals surface area contributed by atoms with Crippen molar-refractivity contribution in [2.75, 3.05) is 19.6 Å². The van der Waals surface area contributed by atoms with Crippen molar-refractivity contribution in [2.45, 2.75) is 20.0 Å². The van der Waals surface area contributed by atoms with Crippen LogP contribution in [0.1, 0.15) is 22.6 Å². The number of amides is 1. The molecule has 0 radical (unpaired) electrons. The topological polar surface area (TPSA) is 86.3 Å². The quantitative estimate of drug-likeness (QED) is 0.884. The number of halogens is 2. The molecule has 0 saturated carbocycles. The van der Waals surface area contributed by atoms with E-state index in [1.807, 2.05) is 0 Å². The highest BCUT2D eigenvalue weighted by atomic mass is 19.3. The molecule has 1 unspecified atom stereocenters. The average Bonchev–Trinajstić information content (AvgIpc) is 3.21. The Bertz CT molecular complexity index is 747. The number of nitrogens with zero attached hydrogens (tertiary/aromatic N) is 4. The summed E-state index contributed by atoms with van der Waals surface area (Å²) in [5, 5.41) is 8.01. The normalized spacial score (nSPS) is 17.3. The van der Waals surface area contributed by atoms with Crippen LogP contribution in [0, 0.1) is 12.8 Å². The zero-order valence-corrected chi connectivity index (χ0v) is 13.7. The third kappa shape index (κ3) is 3.60. The highest BCUT2D eigenvalue weighted by Gasteiger charge is 2.29. The van der Waals surface area contributed by atoms with Crippen LogP contribution in [0.3, 0.4) is 0 Å². The summed E-state index contributed by atoms with van der Waals surface area (Å²) >= 11 is 0. The maximum atomic E-state index is 12.6. The molecule has 3 rings (SSSR count). The Hall–Kier alpha value is -2.55. The van der Waals surface area contributed by atoms with Gasteiger partial charge in [-0.25, -0.2) is 4.68 Å². The van der Waals surface area contributed by atoms with Gasteiger partial charge in [0.25, 0.3) is 5.91 Å². The Morgan fingerprint density at radius 3 is 2.72 bits per heavy atom. The number of rotatable bonds is 5. The van der Waals surface area contributed by atoms with Gasteiger partial charge in [-0.15, -0.1) is 5.10 Å². The molecule has 0 bridgehead atoms. The number of benzene rings is 1. The molecular formula is C16H19F2N5O2. The molecule has 2 aromatic rings. The predicted octanol–water partition coefficient (Wildman–Crippen LogP) is 1.60. The van der Waals surface area contributed by atoms with E-state index in [-0.39, 0.29) is 17.4 Å². The van der Waals surface area contributed by atoms with Crippen LogP contribution in [0.5, 0.6) is 5.75 Å². The second kappa shape index (κ2) is 7.14. The molecule has 0 aliphatic carbocycles. The minimum atomic E-state index is -2.87. The van der Waals surface area contributed by atoms with Gasteiger partial charge in [-0.2, -0.15) is 8.78 Å². The second-order valence-electron chi connectivity index (χ2n) is 5.95. The number of ether oxygens (including phenoxy) is 1. The van der Waals surface area contributed by atoms with Crippen molar-refractivity contribution in [1.29, 1.82) is 0 Å². The number of nitrogens with two attached hydrogens (primary N) is 1. The minimum Gasteiger partial charge on any atom is -0.435 e. The lowest BCUT2D eigenvalue weighted by Crippen LogP contribution is -2.30. The molecule has 2 heterocycles. The van der Waals surface area contributed by atoms with E-state index in [4.69, 9.17) is 5.73 Å². The van der Waals surface area contributed by atoms with Crippen molar-refractivity contribution >= 4 is 5.91 Å². The first-order valence-corrected chi connectivity index (χ1v) is 7.96. The number of hydrogen-bond acceptors (Lipinski definition) is 5. The average molecular weight is 351 g/mol. The van der Waals surface area contributed by atoms with Gasteiger partial charge in [0, 0.05) is 13.1 Å². The van der Waals surface area contributed by atoms with Gasteiger partial charge in [-0.05, 0) is 50.1 Å². The molecule has 1 aromatic heterocycles. The van der Waals surface area contributed by atoms with E-state index in [0.29, 0.717) is 36.9 Å². The number of carbonyl (C=O) groups is 1. The summed E-state index contributed by atoms with van der Waals surface area (Å²) in [5.74, 6) is 0.205. The Labute approximate surface area is 143 Å². The third-order valence-electron chi connectivity index (χ3n) is 4.31. The van der Waals surface area contributed by atoms with Crippen LogP contribution in [0.25, 0.3) is 5.69 Å². The van der Waals surface area contributed by atoms with Crippen molar-refractivity contribution in [2.24, 2.45) is 11.7 Å². The van der Waals surface area contributed by atoms with Crippen LogP contribution >= 0.6 is 0 Å². The summed E-state index contributed by atoms with van der Waals surface area (Å²) in [6, 6.07) is 5.98. The molecular weight excluding hydrogens is 332 g/mol. The lowest BCUT2D eigenvalue weighted by Gasteiger charge is -2.15. The van der Waals surface area contributed by atoms with E-state index in [1.54, 1.807) is 24.0 Å². The molecule has 1 saturated heterocycles. The zero-order valence-electron chi connectivity index (χ0n) is 13.7. The molecule has 1 aromatic carbocycles. The van der Waals surface area contributed by atoms with Gasteiger partial charge >= 0.3 is 6.61 Å². The van der Waals surface area contributed by atoms with E-state index in [1.165, 1.54) is 16.8 Å². The molecule has 9 heteroatoms. The molecule has 1 aliphatic heterocycles. The third-order valence-corrected chi connectivity index (χ3v) is 4.31. The zero-order chi connectivity index (χ0) is 18.0. The first kappa shape index (κ1) is 17.3. The molecule has 1 amide bonds. The number of carbonyl (C=O) groups excluding carboxylic acids is 1. The molecule has 2 N–H and O–H groups in total. The number of likely N-dealkylation sites (tertiary alicyclic amines) is 1. The van der Waals surface area contributed by atoms with Crippen molar-refractivity contribution in [3.05, 3.63) is 35.7 Å². The van der Waals surface area contributed by atoms with E-state index in [2.05, 4.69) is 15.0 Å². The maximum absolute atomic E-state index is 12.6. The fourth-order valence-electron chi connectivity index (χ4n) is 2.90. The van der Waals surface area contributed by atoms with E-state index in [9.17, 15) is 13.6 Å². The van der Waals surface area contributed by atoms with Crippen molar-refractivity contribution < 1.29 is 18.3 Å². The van der Waals surface area contributed by atoms with Gasteiger partial charge in [-0.3, -0.25) is 4.79 Å². The summed E-state index contributed by atoms with van der Waals surface area (Å²) in [6.45, 7) is 0.713. The summed E-state index contributed by atoms with van der Waals surface area (Å²) in [4.78, 5) is 14.3. The van der Waals surface area contributed by atoms with Gasteiger partial charge < -0.3 is 15.4 Å². The van der Waals surface area contributed by atoms with Crippen LogP contribution in [0.2, 0.25) is 0 Å². The molecule has 0 spiro atoms. The van der Waals surface area contributed by atoms with Gasteiger partial charge in [0.15, 0.2) is 5.69 Å². The standard InChI is InChI=1S/C16H19F2N5O2/c1-10-14(15(24)22-7-6-11(8-19)9-22)20-21-23(10)12-2-4-13(5-3-12)25-16(17)18/h2-5,11,16H,6-9,19H2,1H3. The molecule has 1 aliphatic rings. The van der Waals surface area contributed by atoms with Crippen LogP contribution in [0.4, 0.5) is 8.78 Å². The maximum Gasteiger partial charge on any atom is 0.387 e. The second-order valence-corrected chi connectivity index (χ2v) is 5.95.